The molecule has 0 radical (unpaired) electrons. The van der Waals surface area contributed by atoms with Crippen LogP contribution in [0.2, 0.25) is 0 Å². The molecule has 0 aliphatic heterocycles. The van der Waals surface area contributed by atoms with E-state index in [1.54, 1.807) is 48.5 Å². The van der Waals surface area contributed by atoms with Gasteiger partial charge < -0.3 is 14.2 Å². The summed E-state index contributed by atoms with van der Waals surface area (Å²) in [6.07, 6.45) is 1.34. The van der Waals surface area contributed by atoms with Crippen molar-refractivity contribution in [1.29, 1.82) is 0 Å². The van der Waals surface area contributed by atoms with Crippen LogP contribution in [0, 0.1) is 6.92 Å². The highest BCUT2D eigenvalue weighted by atomic mass is 32.2. The van der Waals surface area contributed by atoms with Crippen molar-refractivity contribution < 1.29 is 32.2 Å². The van der Waals surface area contributed by atoms with Gasteiger partial charge in [-0.15, -0.1) is 0 Å². The van der Waals surface area contributed by atoms with E-state index in [1.165, 1.54) is 38.6 Å². The van der Waals surface area contributed by atoms with Crippen molar-refractivity contribution in [3.8, 4) is 17.2 Å². The summed E-state index contributed by atoms with van der Waals surface area (Å²) in [4.78, 5) is 24.5. The van der Waals surface area contributed by atoms with Gasteiger partial charge in [0.05, 0.1) is 37.4 Å². The summed E-state index contributed by atoms with van der Waals surface area (Å²) in [7, 11) is -0.874. The second kappa shape index (κ2) is 12.0. The summed E-state index contributed by atoms with van der Waals surface area (Å²) in [6.45, 7) is 1.35. The van der Waals surface area contributed by atoms with Gasteiger partial charge in [-0.25, -0.2) is 23.4 Å². The molecule has 0 aromatic heterocycles. The van der Waals surface area contributed by atoms with Crippen LogP contribution in [0.4, 0.5) is 0 Å². The molecule has 3 rings (SSSR count). The quantitative estimate of drug-likeness (QED) is 0.185. The normalized spacial score (nSPS) is 11.2. The Morgan fingerprint density at radius 3 is 2.25 bits per heavy atom. The number of esters is 1. The Balaban J connectivity index is 1.56. The number of carbonyl (C=O) groups is 2. The lowest BCUT2D eigenvalue weighted by Crippen LogP contribution is -2.34. The van der Waals surface area contributed by atoms with Gasteiger partial charge in [0.25, 0.3) is 5.91 Å². The second-order valence-corrected chi connectivity index (χ2v) is 9.23. The predicted octanol–water partition coefficient (Wildman–Crippen LogP) is 2.66. The van der Waals surface area contributed by atoms with Crippen LogP contribution in [0.15, 0.2) is 76.7 Å². The Morgan fingerprint density at radius 2 is 1.61 bits per heavy atom. The molecule has 0 saturated carbocycles. The molecule has 3 aromatic carbocycles. The average molecular weight is 512 g/mol. The zero-order chi connectivity index (χ0) is 26.1. The maximum Gasteiger partial charge on any atom is 0.343 e. The number of amides is 1. The molecule has 188 valence electrons. The smallest absolute Gasteiger partial charge is 0.343 e. The van der Waals surface area contributed by atoms with Crippen molar-refractivity contribution in [2.75, 3.05) is 20.8 Å². The van der Waals surface area contributed by atoms with Gasteiger partial charge in [-0.2, -0.15) is 5.10 Å². The number of hydrogen-bond donors (Lipinski definition) is 2. The first-order chi connectivity index (χ1) is 17.2. The lowest BCUT2D eigenvalue weighted by Gasteiger charge is -2.10. The highest BCUT2D eigenvalue weighted by Gasteiger charge is 2.15. The van der Waals surface area contributed by atoms with E-state index in [4.69, 9.17) is 14.2 Å². The van der Waals surface area contributed by atoms with E-state index in [2.05, 4.69) is 15.2 Å². The van der Waals surface area contributed by atoms with Gasteiger partial charge in [0.1, 0.15) is 5.75 Å². The molecule has 0 fully saturated rings. The van der Waals surface area contributed by atoms with E-state index >= 15 is 0 Å². The Morgan fingerprint density at radius 1 is 0.917 bits per heavy atom. The van der Waals surface area contributed by atoms with Crippen molar-refractivity contribution >= 4 is 28.1 Å². The van der Waals surface area contributed by atoms with Crippen molar-refractivity contribution in [1.82, 2.24) is 10.1 Å². The van der Waals surface area contributed by atoms with Crippen molar-refractivity contribution in [2.24, 2.45) is 5.10 Å². The molecule has 3 aromatic rings. The number of nitrogens with zero attached hydrogens (tertiary/aromatic N) is 1. The van der Waals surface area contributed by atoms with Crippen LogP contribution < -0.4 is 24.4 Å². The molecule has 0 unspecified atom stereocenters. The molecule has 0 spiro atoms. The molecule has 0 saturated heterocycles. The summed E-state index contributed by atoms with van der Waals surface area (Å²) in [5.74, 6) is -0.136. The fraction of sp³-hybridized carbons (Fsp3) is 0.160. The van der Waals surface area contributed by atoms with Crippen LogP contribution in [-0.4, -0.2) is 47.3 Å². The molecule has 36 heavy (non-hydrogen) atoms. The molecule has 0 aliphatic rings. The van der Waals surface area contributed by atoms with Crippen LogP contribution in [-0.2, 0) is 14.8 Å². The van der Waals surface area contributed by atoms with Crippen LogP contribution in [0.1, 0.15) is 21.5 Å². The average Bonchev–Trinajstić information content (AvgIpc) is 2.88. The number of carbonyl (C=O) groups excluding carboxylic acids is 2. The minimum absolute atomic E-state index is 0.0595. The summed E-state index contributed by atoms with van der Waals surface area (Å²) < 4.78 is 42.5. The highest BCUT2D eigenvalue weighted by Crippen LogP contribution is 2.28. The number of hydrogen-bond acceptors (Lipinski definition) is 8. The van der Waals surface area contributed by atoms with E-state index in [0.29, 0.717) is 16.9 Å². The second-order valence-electron chi connectivity index (χ2n) is 7.46. The number of methoxy groups -OCH3 is 2. The van der Waals surface area contributed by atoms with Gasteiger partial charge in [0, 0.05) is 0 Å². The fourth-order valence-corrected chi connectivity index (χ4v) is 3.90. The van der Waals surface area contributed by atoms with E-state index in [1.807, 2.05) is 6.92 Å². The molecule has 0 heterocycles. The third kappa shape index (κ3) is 7.14. The van der Waals surface area contributed by atoms with Crippen LogP contribution in [0.5, 0.6) is 17.2 Å². The molecule has 1 amide bonds. The molecule has 0 atom stereocenters. The van der Waals surface area contributed by atoms with Crippen molar-refractivity contribution in [3.05, 3.63) is 83.4 Å². The number of rotatable bonds is 10. The van der Waals surface area contributed by atoms with Gasteiger partial charge >= 0.3 is 5.97 Å². The maximum atomic E-state index is 12.4. The molecule has 10 nitrogen and oxygen atoms in total. The lowest BCUT2D eigenvalue weighted by molar-refractivity contribution is -0.119. The Hall–Kier alpha value is -4.22. The number of ether oxygens (including phenoxy) is 3. The summed E-state index contributed by atoms with van der Waals surface area (Å²) in [5.41, 5.74) is 4.04. The highest BCUT2D eigenvalue weighted by molar-refractivity contribution is 7.89. The maximum absolute atomic E-state index is 12.4. The molecule has 0 aliphatic carbocycles. The topological polar surface area (TPSA) is 132 Å². The van der Waals surface area contributed by atoms with Gasteiger partial charge in [-0.1, -0.05) is 17.7 Å². The van der Waals surface area contributed by atoms with Gasteiger partial charge in [0.2, 0.25) is 10.0 Å². The largest absolute Gasteiger partial charge is 0.497 e. The molecule has 0 bridgehead atoms. The summed E-state index contributed by atoms with van der Waals surface area (Å²) in [6, 6.07) is 17.4. The third-order valence-electron chi connectivity index (χ3n) is 4.87. The summed E-state index contributed by atoms with van der Waals surface area (Å²) >= 11 is 0. The minimum Gasteiger partial charge on any atom is -0.497 e. The molecular formula is C25H25N3O7S. The minimum atomic E-state index is -3.82. The van der Waals surface area contributed by atoms with E-state index in [0.717, 1.165) is 5.56 Å². The first-order valence-corrected chi connectivity index (χ1v) is 12.1. The molecule has 11 heteroatoms. The van der Waals surface area contributed by atoms with Crippen LogP contribution in [0.3, 0.4) is 0 Å². The van der Waals surface area contributed by atoms with Crippen LogP contribution in [0.25, 0.3) is 0 Å². The zero-order valence-corrected chi connectivity index (χ0v) is 20.7. The summed E-state index contributed by atoms with van der Waals surface area (Å²) in [5, 5.41) is 3.82. The van der Waals surface area contributed by atoms with Crippen molar-refractivity contribution in [2.45, 2.75) is 11.8 Å². The van der Waals surface area contributed by atoms with E-state index in [9.17, 15) is 18.0 Å². The SMILES string of the molecule is COc1ccc(C(=O)Oc2ccc(/C=N\NC(=O)CNS(=O)(=O)c3ccc(C)cc3)cc2OC)cc1. The van der Waals surface area contributed by atoms with Crippen LogP contribution >= 0.6 is 0 Å². The van der Waals surface area contributed by atoms with E-state index in [-0.39, 0.29) is 16.4 Å². The van der Waals surface area contributed by atoms with Crippen molar-refractivity contribution in [3.63, 3.8) is 0 Å². The standard InChI is InChI=1S/C25H25N3O7S/c1-17-4-11-21(12-5-17)36(31,32)27-16-24(29)28-26-15-18-6-13-22(23(14-18)34-3)35-25(30)19-7-9-20(33-2)10-8-19/h4-15,27H,16H2,1-3H3,(H,28,29)/b26-15-. The monoisotopic (exact) mass is 511 g/mol. The number of aryl methyl sites for hydroxylation is 1. The first-order valence-electron chi connectivity index (χ1n) is 10.6. The Labute approximate surface area is 208 Å². The molecule has 2 N–H and O–H groups in total. The zero-order valence-electron chi connectivity index (χ0n) is 19.8. The predicted molar refractivity (Wildman–Crippen MR) is 133 cm³/mol. The fourth-order valence-electron chi connectivity index (χ4n) is 2.91. The lowest BCUT2D eigenvalue weighted by atomic mass is 10.2. The third-order valence-corrected chi connectivity index (χ3v) is 6.29. The number of benzene rings is 3. The number of hydrazone groups is 1. The Kier molecular flexibility index (Phi) is 8.76. The first kappa shape index (κ1) is 26.4. The van der Waals surface area contributed by atoms with Gasteiger partial charge in [-0.05, 0) is 67.1 Å². The van der Waals surface area contributed by atoms with Gasteiger partial charge in [-0.3, -0.25) is 4.79 Å². The number of sulfonamides is 1. The van der Waals surface area contributed by atoms with E-state index < -0.39 is 28.4 Å². The Bertz CT molecular complexity index is 1350. The number of nitrogens with one attached hydrogen (secondary N) is 2. The van der Waals surface area contributed by atoms with Gasteiger partial charge in [0.15, 0.2) is 11.5 Å². The molecular weight excluding hydrogens is 486 g/mol.